The monoisotopic (exact) mass is 346 g/mol. The molecule has 4 rings (SSSR count). The van der Waals surface area contributed by atoms with Crippen LogP contribution in [0.4, 0.5) is 4.79 Å². The second-order valence-corrected chi connectivity index (χ2v) is 6.57. The van der Waals surface area contributed by atoms with Crippen molar-refractivity contribution in [1.29, 1.82) is 0 Å². The van der Waals surface area contributed by atoms with Gasteiger partial charge in [-0.2, -0.15) is 5.10 Å². The molecule has 2 heterocycles. The number of urea groups is 1. The van der Waals surface area contributed by atoms with Crippen molar-refractivity contribution < 1.29 is 4.79 Å². The number of carbonyl (C=O) groups is 1. The van der Waals surface area contributed by atoms with Gasteiger partial charge in [0.1, 0.15) is 0 Å². The summed E-state index contributed by atoms with van der Waals surface area (Å²) in [6, 6.07) is 18.4. The summed E-state index contributed by atoms with van der Waals surface area (Å²) in [5.41, 5.74) is 4.88. The third kappa shape index (κ3) is 3.61. The van der Waals surface area contributed by atoms with Crippen molar-refractivity contribution in [2.75, 3.05) is 6.54 Å². The van der Waals surface area contributed by atoms with E-state index in [4.69, 9.17) is 0 Å². The van der Waals surface area contributed by atoms with Crippen LogP contribution in [0.1, 0.15) is 22.3 Å². The zero-order valence-corrected chi connectivity index (χ0v) is 14.6. The normalized spacial score (nSPS) is 13.3. The van der Waals surface area contributed by atoms with Gasteiger partial charge in [0.15, 0.2) is 0 Å². The lowest BCUT2D eigenvalue weighted by molar-refractivity contribution is 0.192. The Morgan fingerprint density at radius 2 is 1.77 bits per heavy atom. The molecule has 5 heteroatoms. The number of hydrogen-bond acceptors (Lipinski definition) is 2. The van der Waals surface area contributed by atoms with Gasteiger partial charge in [0.2, 0.25) is 0 Å². The van der Waals surface area contributed by atoms with E-state index in [1.54, 1.807) is 6.20 Å². The van der Waals surface area contributed by atoms with Crippen LogP contribution in [0.2, 0.25) is 0 Å². The minimum Gasteiger partial charge on any atom is -0.334 e. The SMILES string of the molecule is O=C(NCc1ccccc1Cn1cccn1)N1CCc2ccccc2C1. The molecule has 0 radical (unpaired) electrons. The van der Waals surface area contributed by atoms with Crippen molar-refractivity contribution in [1.82, 2.24) is 20.0 Å². The van der Waals surface area contributed by atoms with Gasteiger partial charge in [-0.15, -0.1) is 0 Å². The number of nitrogens with one attached hydrogen (secondary N) is 1. The van der Waals surface area contributed by atoms with Crippen LogP contribution in [0.15, 0.2) is 67.0 Å². The molecule has 0 saturated carbocycles. The Morgan fingerprint density at radius 1 is 1.00 bits per heavy atom. The predicted octanol–water partition coefficient (Wildman–Crippen LogP) is 3.20. The average Bonchev–Trinajstić information content (AvgIpc) is 3.20. The van der Waals surface area contributed by atoms with Crippen molar-refractivity contribution in [2.24, 2.45) is 0 Å². The second-order valence-electron chi connectivity index (χ2n) is 6.57. The molecule has 0 aliphatic carbocycles. The topological polar surface area (TPSA) is 50.2 Å². The summed E-state index contributed by atoms with van der Waals surface area (Å²) < 4.78 is 1.89. The van der Waals surface area contributed by atoms with Crippen LogP contribution in [0.25, 0.3) is 0 Å². The minimum absolute atomic E-state index is 0.00612. The molecule has 1 N–H and O–H groups in total. The van der Waals surface area contributed by atoms with Gasteiger partial charge < -0.3 is 10.2 Å². The lowest BCUT2D eigenvalue weighted by Crippen LogP contribution is -2.42. The van der Waals surface area contributed by atoms with Gasteiger partial charge in [-0.1, -0.05) is 48.5 Å². The highest BCUT2D eigenvalue weighted by atomic mass is 16.2. The zero-order chi connectivity index (χ0) is 17.8. The second kappa shape index (κ2) is 7.44. The molecule has 1 aliphatic rings. The molecule has 3 aromatic rings. The third-order valence-electron chi connectivity index (χ3n) is 4.86. The number of nitrogens with zero attached hydrogens (tertiary/aromatic N) is 3. The maximum atomic E-state index is 12.6. The van der Waals surface area contributed by atoms with Crippen LogP contribution in [-0.2, 0) is 26.1 Å². The summed E-state index contributed by atoms with van der Waals surface area (Å²) in [5, 5.41) is 7.34. The fraction of sp³-hybridized carbons (Fsp3) is 0.238. The van der Waals surface area contributed by atoms with E-state index in [0.717, 1.165) is 18.5 Å². The van der Waals surface area contributed by atoms with Gasteiger partial charge in [-0.3, -0.25) is 4.68 Å². The van der Waals surface area contributed by atoms with Gasteiger partial charge in [0, 0.05) is 32.0 Å². The van der Waals surface area contributed by atoms with Gasteiger partial charge in [-0.05, 0) is 34.7 Å². The molecule has 0 spiro atoms. The number of rotatable bonds is 4. The van der Waals surface area contributed by atoms with E-state index in [2.05, 4.69) is 40.7 Å². The molecule has 0 saturated heterocycles. The van der Waals surface area contributed by atoms with E-state index in [1.807, 2.05) is 40.0 Å². The molecule has 2 aromatic carbocycles. The van der Waals surface area contributed by atoms with Gasteiger partial charge >= 0.3 is 6.03 Å². The summed E-state index contributed by atoms with van der Waals surface area (Å²) in [4.78, 5) is 14.5. The highest BCUT2D eigenvalue weighted by molar-refractivity contribution is 5.74. The number of hydrogen-bond donors (Lipinski definition) is 1. The molecule has 26 heavy (non-hydrogen) atoms. The predicted molar refractivity (Wildman–Crippen MR) is 101 cm³/mol. The molecule has 5 nitrogen and oxygen atoms in total. The highest BCUT2D eigenvalue weighted by Gasteiger charge is 2.20. The smallest absolute Gasteiger partial charge is 0.317 e. The lowest BCUT2D eigenvalue weighted by atomic mass is 10.0. The fourth-order valence-corrected chi connectivity index (χ4v) is 3.40. The summed E-state index contributed by atoms with van der Waals surface area (Å²) >= 11 is 0. The lowest BCUT2D eigenvalue weighted by Gasteiger charge is -2.29. The number of amides is 2. The number of fused-ring (bicyclic) bond motifs is 1. The number of aromatic nitrogens is 2. The zero-order valence-electron chi connectivity index (χ0n) is 14.6. The quantitative estimate of drug-likeness (QED) is 0.789. The summed E-state index contributed by atoms with van der Waals surface area (Å²) in [7, 11) is 0. The first-order chi connectivity index (χ1) is 12.8. The van der Waals surface area contributed by atoms with E-state index < -0.39 is 0 Å². The largest absolute Gasteiger partial charge is 0.334 e. The van der Waals surface area contributed by atoms with E-state index in [-0.39, 0.29) is 6.03 Å². The Bertz CT molecular complexity index is 889. The minimum atomic E-state index is -0.00612. The van der Waals surface area contributed by atoms with Crippen LogP contribution in [0, 0.1) is 0 Å². The van der Waals surface area contributed by atoms with E-state index >= 15 is 0 Å². The summed E-state index contributed by atoms with van der Waals surface area (Å²) in [6.07, 6.45) is 4.64. The Balaban J connectivity index is 1.39. The summed E-state index contributed by atoms with van der Waals surface area (Å²) in [5.74, 6) is 0. The molecule has 1 aliphatic heterocycles. The van der Waals surface area contributed by atoms with Gasteiger partial charge in [0.25, 0.3) is 0 Å². The molecule has 0 fully saturated rings. The third-order valence-corrected chi connectivity index (χ3v) is 4.86. The molecular weight excluding hydrogens is 324 g/mol. The number of benzene rings is 2. The first-order valence-electron chi connectivity index (χ1n) is 8.93. The van der Waals surface area contributed by atoms with E-state index in [0.29, 0.717) is 19.6 Å². The first kappa shape index (κ1) is 16.4. The molecule has 0 atom stereocenters. The Kier molecular flexibility index (Phi) is 4.69. The van der Waals surface area contributed by atoms with Crippen molar-refractivity contribution >= 4 is 6.03 Å². The van der Waals surface area contributed by atoms with Crippen molar-refractivity contribution in [2.45, 2.75) is 26.1 Å². The fourth-order valence-electron chi connectivity index (χ4n) is 3.40. The molecular formula is C21H22N4O. The molecule has 0 bridgehead atoms. The molecule has 132 valence electrons. The van der Waals surface area contributed by atoms with Crippen molar-refractivity contribution in [3.8, 4) is 0 Å². The van der Waals surface area contributed by atoms with Crippen LogP contribution in [0.5, 0.6) is 0 Å². The van der Waals surface area contributed by atoms with E-state index in [9.17, 15) is 4.79 Å². The van der Waals surface area contributed by atoms with Crippen LogP contribution >= 0.6 is 0 Å². The number of carbonyl (C=O) groups excluding carboxylic acids is 1. The van der Waals surface area contributed by atoms with Crippen LogP contribution in [0.3, 0.4) is 0 Å². The van der Waals surface area contributed by atoms with Gasteiger partial charge in [0.05, 0.1) is 6.54 Å². The average molecular weight is 346 g/mol. The molecule has 2 amide bonds. The standard InChI is InChI=1S/C21H22N4O/c26-21(24-13-10-17-6-1-3-8-19(17)15-24)22-14-18-7-2-4-9-20(18)16-25-12-5-11-23-25/h1-9,11-12H,10,13-16H2,(H,22,26). The van der Waals surface area contributed by atoms with Crippen molar-refractivity contribution in [3.63, 3.8) is 0 Å². The highest BCUT2D eigenvalue weighted by Crippen LogP contribution is 2.18. The first-order valence-corrected chi connectivity index (χ1v) is 8.93. The molecule has 1 aromatic heterocycles. The van der Waals surface area contributed by atoms with E-state index in [1.165, 1.54) is 16.7 Å². The maximum absolute atomic E-state index is 12.6. The Hall–Kier alpha value is -3.08. The summed E-state index contributed by atoms with van der Waals surface area (Å²) in [6.45, 7) is 2.67. The Morgan fingerprint density at radius 3 is 2.58 bits per heavy atom. The maximum Gasteiger partial charge on any atom is 0.317 e. The Labute approximate surface area is 153 Å². The van der Waals surface area contributed by atoms with Crippen LogP contribution < -0.4 is 5.32 Å². The van der Waals surface area contributed by atoms with Gasteiger partial charge in [-0.25, -0.2) is 4.79 Å². The van der Waals surface area contributed by atoms with Crippen molar-refractivity contribution in [3.05, 3.63) is 89.2 Å². The van der Waals surface area contributed by atoms with Crippen LogP contribution in [-0.4, -0.2) is 27.3 Å². The molecule has 0 unspecified atom stereocenters.